The van der Waals surface area contributed by atoms with E-state index in [9.17, 15) is 4.79 Å². The minimum Gasteiger partial charge on any atom is -0.376 e. The minimum absolute atomic E-state index is 0.124. The predicted molar refractivity (Wildman–Crippen MR) is 45.4 cm³/mol. The summed E-state index contributed by atoms with van der Waals surface area (Å²) in [6.45, 7) is 4.94. The van der Waals surface area contributed by atoms with E-state index in [2.05, 4.69) is 12.5 Å². The fraction of sp³-hybridized carbons (Fsp3) is 0.444. The molecule has 3 heteroatoms. The third kappa shape index (κ3) is 1.66. The number of nitrogens with zero attached hydrogens (tertiary/aromatic N) is 1. The molecule has 1 aliphatic rings. The second kappa shape index (κ2) is 3.93. The fourth-order valence-electron chi connectivity index (χ4n) is 1.12. The Hall–Kier alpha value is -1.27. The van der Waals surface area contributed by atoms with Crippen molar-refractivity contribution in [3.05, 3.63) is 12.7 Å². The van der Waals surface area contributed by atoms with Gasteiger partial charge in [-0.2, -0.15) is 0 Å². The Morgan fingerprint density at radius 3 is 3.17 bits per heavy atom. The number of rotatable bonds is 1. The lowest BCUT2D eigenvalue weighted by molar-refractivity contribution is -0.132. The van der Waals surface area contributed by atoms with Gasteiger partial charge in [-0.15, -0.1) is 6.42 Å². The predicted octanol–water partition coefficient (Wildman–Crippen LogP) is 0.0330. The van der Waals surface area contributed by atoms with Gasteiger partial charge in [0.25, 0.3) is 0 Å². The first-order valence-electron chi connectivity index (χ1n) is 3.76. The molecule has 0 aromatic heterocycles. The van der Waals surface area contributed by atoms with Crippen molar-refractivity contribution in [2.24, 2.45) is 0 Å². The number of amides is 1. The minimum atomic E-state index is -0.232. The van der Waals surface area contributed by atoms with Crippen molar-refractivity contribution >= 4 is 5.91 Å². The van der Waals surface area contributed by atoms with Gasteiger partial charge in [0.15, 0.2) is 0 Å². The zero-order valence-corrected chi connectivity index (χ0v) is 6.82. The van der Waals surface area contributed by atoms with Crippen LogP contribution < -0.4 is 0 Å². The Morgan fingerprint density at radius 1 is 1.83 bits per heavy atom. The van der Waals surface area contributed by atoms with Crippen molar-refractivity contribution in [1.29, 1.82) is 0 Å². The summed E-state index contributed by atoms with van der Waals surface area (Å²) in [7, 11) is 0. The molecule has 0 aromatic carbocycles. The van der Waals surface area contributed by atoms with Crippen LogP contribution in [0.25, 0.3) is 0 Å². The van der Waals surface area contributed by atoms with Crippen molar-refractivity contribution in [2.75, 3.05) is 19.8 Å². The van der Waals surface area contributed by atoms with Gasteiger partial charge in [-0.3, -0.25) is 4.79 Å². The molecule has 0 spiro atoms. The molecule has 0 radical (unpaired) electrons. The van der Waals surface area contributed by atoms with Crippen molar-refractivity contribution in [2.45, 2.75) is 6.04 Å². The highest BCUT2D eigenvalue weighted by Gasteiger charge is 2.23. The molecule has 0 aliphatic carbocycles. The first-order chi connectivity index (χ1) is 5.79. The molecule has 1 heterocycles. The molecule has 1 unspecified atom stereocenters. The van der Waals surface area contributed by atoms with Crippen LogP contribution >= 0.6 is 0 Å². The standard InChI is InChI=1S/C9H11NO2/c1-3-8-7-12-6-5-10(8)9(11)4-2/h1,4,8H,2,5-7H2. The van der Waals surface area contributed by atoms with Gasteiger partial charge in [-0.25, -0.2) is 0 Å². The summed E-state index contributed by atoms with van der Waals surface area (Å²) in [5.41, 5.74) is 0. The highest BCUT2D eigenvalue weighted by molar-refractivity contribution is 5.87. The number of ether oxygens (including phenoxy) is 1. The number of carbonyl (C=O) groups excluding carboxylic acids is 1. The van der Waals surface area contributed by atoms with Gasteiger partial charge >= 0.3 is 0 Å². The van der Waals surface area contributed by atoms with Gasteiger partial charge in [-0.05, 0) is 6.08 Å². The molecule has 1 amide bonds. The van der Waals surface area contributed by atoms with Gasteiger partial charge in [0, 0.05) is 6.54 Å². The highest BCUT2D eigenvalue weighted by Crippen LogP contribution is 2.06. The van der Waals surface area contributed by atoms with Crippen LogP contribution in [0.4, 0.5) is 0 Å². The number of hydrogen-bond acceptors (Lipinski definition) is 2. The van der Waals surface area contributed by atoms with E-state index in [4.69, 9.17) is 11.2 Å². The topological polar surface area (TPSA) is 29.5 Å². The SMILES string of the molecule is C#CC1COCCN1C(=O)C=C. The average molecular weight is 165 g/mol. The molecular weight excluding hydrogens is 154 g/mol. The van der Waals surface area contributed by atoms with E-state index in [0.29, 0.717) is 19.8 Å². The maximum absolute atomic E-state index is 11.2. The Bertz CT molecular complexity index is 229. The Morgan fingerprint density at radius 2 is 2.58 bits per heavy atom. The fourth-order valence-corrected chi connectivity index (χ4v) is 1.12. The van der Waals surface area contributed by atoms with Crippen LogP contribution in [0.15, 0.2) is 12.7 Å². The van der Waals surface area contributed by atoms with E-state index in [-0.39, 0.29) is 11.9 Å². The number of terminal acetylenes is 1. The van der Waals surface area contributed by atoms with Crippen LogP contribution in [-0.4, -0.2) is 36.6 Å². The zero-order valence-electron chi connectivity index (χ0n) is 6.82. The van der Waals surface area contributed by atoms with Crippen LogP contribution in [0.3, 0.4) is 0 Å². The zero-order chi connectivity index (χ0) is 8.97. The summed E-state index contributed by atoms with van der Waals surface area (Å²) < 4.78 is 5.13. The molecule has 12 heavy (non-hydrogen) atoms. The quantitative estimate of drug-likeness (QED) is 0.405. The second-order valence-electron chi connectivity index (χ2n) is 2.49. The lowest BCUT2D eigenvalue weighted by atomic mass is 10.2. The smallest absolute Gasteiger partial charge is 0.247 e. The summed E-state index contributed by atoms with van der Waals surface area (Å²) in [5, 5.41) is 0. The Labute approximate surface area is 72.0 Å². The molecule has 0 aromatic rings. The maximum Gasteiger partial charge on any atom is 0.247 e. The molecular formula is C9H11NO2. The number of morpholine rings is 1. The molecule has 1 aliphatic heterocycles. The second-order valence-corrected chi connectivity index (χ2v) is 2.49. The third-order valence-electron chi connectivity index (χ3n) is 1.78. The molecule has 0 saturated carbocycles. The summed E-state index contributed by atoms with van der Waals surface area (Å²) in [6, 6.07) is -0.232. The third-order valence-corrected chi connectivity index (χ3v) is 1.78. The van der Waals surface area contributed by atoms with Crippen LogP contribution in [0.2, 0.25) is 0 Å². The molecule has 1 fully saturated rings. The van der Waals surface area contributed by atoms with Gasteiger partial charge in [0.1, 0.15) is 6.04 Å². The monoisotopic (exact) mass is 165 g/mol. The summed E-state index contributed by atoms with van der Waals surface area (Å²) >= 11 is 0. The molecule has 1 atom stereocenters. The van der Waals surface area contributed by atoms with E-state index >= 15 is 0 Å². The van der Waals surface area contributed by atoms with Gasteiger partial charge in [0.05, 0.1) is 13.2 Å². The molecule has 3 nitrogen and oxygen atoms in total. The average Bonchev–Trinajstić information content (AvgIpc) is 2.16. The van der Waals surface area contributed by atoms with Gasteiger partial charge in [-0.1, -0.05) is 12.5 Å². The largest absolute Gasteiger partial charge is 0.376 e. The van der Waals surface area contributed by atoms with E-state index in [1.807, 2.05) is 0 Å². The summed E-state index contributed by atoms with van der Waals surface area (Å²) in [4.78, 5) is 12.8. The van der Waals surface area contributed by atoms with E-state index in [1.165, 1.54) is 6.08 Å². The van der Waals surface area contributed by atoms with E-state index < -0.39 is 0 Å². The Kier molecular flexibility index (Phi) is 2.89. The molecule has 1 rings (SSSR count). The molecule has 0 bridgehead atoms. The summed E-state index contributed by atoms with van der Waals surface area (Å²) in [6.07, 6.45) is 6.50. The Balaban J connectivity index is 2.66. The maximum atomic E-state index is 11.2. The van der Waals surface area contributed by atoms with Crippen molar-refractivity contribution in [3.63, 3.8) is 0 Å². The number of carbonyl (C=O) groups is 1. The van der Waals surface area contributed by atoms with Crippen molar-refractivity contribution in [3.8, 4) is 12.3 Å². The molecule has 0 N–H and O–H groups in total. The van der Waals surface area contributed by atoms with Gasteiger partial charge in [0.2, 0.25) is 5.91 Å². The van der Waals surface area contributed by atoms with E-state index in [0.717, 1.165) is 0 Å². The van der Waals surface area contributed by atoms with Crippen molar-refractivity contribution in [1.82, 2.24) is 4.90 Å². The summed E-state index contributed by atoms with van der Waals surface area (Å²) in [5.74, 6) is 2.38. The first kappa shape index (κ1) is 8.82. The van der Waals surface area contributed by atoms with Crippen LogP contribution in [0.1, 0.15) is 0 Å². The first-order valence-corrected chi connectivity index (χ1v) is 3.76. The highest BCUT2D eigenvalue weighted by atomic mass is 16.5. The lowest BCUT2D eigenvalue weighted by Gasteiger charge is -2.31. The van der Waals surface area contributed by atoms with Crippen LogP contribution in [0.5, 0.6) is 0 Å². The van der Waals surface area contributed by atoms with Crippen LogP contribution in [0, 0.1) is 12.3 Å². The molecule has 64 valence electrons. The number of hydrogen-bond donors (Lipinski definition) is 0. The lowest BCUT2D eigenvalue weighted by Crippen LogP contribution is -2.47. The normalized spacial score (nSPS) is 22.9. The van der Waals surface area contributed by atoms with Gasteiger partial charge < -0.3 is 9.64 Å². The molecule has 1 saturated heterocycles. The van der Waals surface area contributed by atoms with Crippen molar-refractivity contribution < 1.29 is 9.53 Å². The van der Waals surface area contributed by atoms with E-state index in [1.54, 1.807) is 4.90 Å². The van der Waals surface area contributed by atoms with Crippen LogP contribution in [-0.2, 0) is 9.53 Å².